The van der Waals surface area contributed by atoms with Crippen molar-refractivity contribution in [1.29, 1.82) is 0 Å². The Balaban J connectivity index is 1.32. The number of hydrogen-bond acceptors (Lipinski definition) is 7. The van der Waals surface area contributed by atoms with E-state index in [-0.39, 0.29) is 18.7 Å². The van der Waals surface area contributed by atoms with Gasteiger partial charge in [-0.05, 0) is 37.1 Å². The van der Waals surface area contributed by atoms with Crippen LogP contribution in [0.15, 0.2) is 22.7 Å². The fourth-order valence-electron chi connectivity index (χ4n) is 3.25. The molecule has 132 valence electrons. The highest BCUT2D eigenvalue weighted by atomic mass is 16.7. The molecule has 2 aliphatic heterocycles. The minimum absolute atomic E-state index is 0.0233. The maximum absolute atomic E-state index is 12.3. The molecule has 8 heteroatoms. The highest BCUT2D eigenvalue weighted by Crippen LogP contribution is 2.32. The van der Waals surface area contributed by atoms with Crippen LogP contribution in [0.5, 0.6) is 11.5 Å². The summed E-state index contributed by atoms with van der Waals surface area (Å²) in [5.74, 6) is 2.65. The summed E-state index contributed by atoms with van der Waals surface area (Å²) in [6, 6.07) is 5.73. The number of benzene rings is 1. The molecule has 1 aromatic heterocycles. The van der Waals surface area contributed by atoms with Gasteiger partial charge in [-0.3, -0.25) is 9.69 Å². The maximum atomic E-state index is 12.3. The number of carbonyl (C=O) groups is 1. The number of carbonyl (C=O) groups excluding carboxylic acids is 1. The zero-order valence-corrected chi connectivity index (χ0v) is 14.0. The SMILES string of the molecule is Cc1nc([C@@H]2CCCN2CC(=O)NCc2ccc3c(c2)OCO3)no1. The highest BCUT2D eigenvalue weighted by Gasteiger charge is 2.30. The van der Waals surface area contributed by atoms with Crippen LogP contribution >= 0.6 is 0 Å². The van der Waals surface area contributed by atoms with E-state index in [2.05, 4.69) is 20.4 Å². The molecule has 0 saturated carbocycles. The summed E-state index contributed by atoms with van der Waals surface area (Å²) in [6.45, 7) is 3.65. The molecule has 1 amide bonds. The minimum atomic E-state index is -0.0233. The van der Waals surface area contributed by atoms with E-state index in [4.69, 9.17) is 14.0 Å². The third-order valence-corrected chi connectivity index (χ3v) is 4.48. The summed E-state index contributed by atoms with van der Waals surface area (Å²) >= 11 is 0. The molecule has 1 atom stereocenters. The Labute approximate surface area is 145 Å². The van der Waals surface area contributed by atoms with Gasteiger partial charge in [-0.2, -0.15) is 4.98 Å². The quantitative estimate of drug-likeness (QED) is 0.880. The maximum Gasteiger partial charge on any atom is 0.234 e. The zero-order valence-electron chi connectivity index (χ0n) is 14.0. The van der Waals surface area contributed by atoms with E-state index in [1.54, 1.807) is 6.92 Å². The number of aromatic nitrogens is 2. The molecule has 8 nitrogen and oxygen atoms in total. The molecule has 0 spiro atoms. The van der Waals surface area contributed by atoms with Gasteiger partial charge in [0.1, 0.15) is 0 Å². The highest BCUT2D eigenvalue weighted by molar-refractivity contribution is 5.78. The van der Waals surface area contributed by atoms with Crippen LogP contribution in [-0.4, -0.2) is 40.8 Å². The molecule has 2 aliphatic rings. The lowest BCUT2D eigenvalue weighted by Crippen LogP contribution is -2.36. The van der Waals surface area contributed by atoms with Crippen molar-refractivity contribution in [1.82, 2.24) is 20.4 Å². The summed E-state index contributed by atoms with van der Waals surface area (Å²) in [5.41, 5.74) is 0.976. The van der Waals surface area contributed by atoms with E-state index < -0.39 is 0 Å². The Kier molecular flexibility index (Phi) is 4.27. The number of fused-ring (bicyclic) bond motifs is 1. The first kappa shape index (κ1) is 15.9. The van der Waals surface area contributed by atoms with Crippen LogP contribution in [0.25, 0.3) is 0 Å². The van der Waals surface area contributed by atoms with Crippen LogP contribution in [0.4, 0.5) is 0 Å². The van der Waals surface area contributed by atoms with E-state index in [0.717, 1.165) is 36.4 Å². The average molecular weight is 344 g/mol. The van der Waals surface area contributed by atoms with Gasteiger partial charge in [-0.15, -0.1) is 0 Å². The van der Waals surface area contributed by atoms with Crippen molar-refractivity contribution >= 4 is 5.91 Å². The van der Waals surface area contributed by atoms with E-state index >= 15 is 0 Å². The molecule has 1 aromatic carbocycles. The lowest BCUT2D eigenvalue weighted by Gasteiger charge is -2.21. The molecule has 0 radical (unpaired) electrons. The number of nitrogens with one attached hydrogen (secondary N) is 1. The van der Waals surface area contributed by atoms with Crippen LogP contribution in [0.2, 0.25) is 0 Å². The van der Waals surface area contributed by atoms with Crippen molar-refractivity contribution < 1.29 is 18.8 Å². The third-order valence-electron chi connectivity index (χ3n) is 4.48. The van der Waals surface area contributed by atoms with Gasteiger partial charge in [0.2, 0.25) is 18.6 Å². The molecule has 1 saturated heterocycles. The molecule has 4 rings (SSSR count). The summed E-state index contributed by atoms with van der Waals surface area (Å²) in [6.07, 6.45) is 1.96. The van der Waals surface area contributed by atoms with Crippen molar-refractivity contribution in [2.24, 2.45) is 0 Å². The van der Waals surface area contributed by atoms with E-state index in [0.29, 0.717) is 24.8 Å². The fraction of sp³-hybridized carbons (Fsp3) is 0.471. The van der Waals surface area contributed by atoms with Crippen molar-refractivity contribution in [2.75, 3.05) is 19.9 Å². The summed E-state index contributed by atoms with van der Waals surface area (Å²) in [4.78, 5) is 18.7. The molecule has 2 aromatic rings. The minimum Gasteiger partial charge on any atom is -0.454 e. The van der Waals surface area contributed by atoms with Crippen LogP contribution in [0.1, 0.15) is 36.2 Å². The van der Waals surface area contributed by atoms with Gasteiger partial charge in [0.15, 0.2) is 17.3 Å². The molecule has 25 heavy (non-hydrogen) atoms. The van der Waals surface area contributed by atoms with Crippen molar-refractivity contribution in [2.45, 2.75) is 32.4 Å². The number of rotatable bonds is 5. The Morgan fingerprint density at radius 2 is 2.24 bits per heavy atom. The van der Waals surface area contributed by atoms with E-state index in [9.17, 15) is 4.79 Å². The molecule has 0 aliphatic carbocycles. The van der Waals surface area contributed by atoms with E-state index in [1.165, 1.54) is 0 Å². The standard InChI is InChI=1S/C17H20N4O4/c1-11-19-17(20-25-11)13-3-2-6-21(13)9-16(22)18-8-12-4-5-14-15(7-12)24-10-23-14/h4-5,7,13H,2-3,6,8-10H2,1H3,(H,18,22)/t13-/m0/s1. The predicted molar refractivity (Wildman–Crippen MR) is 87.0 cm³/mol. The summed E-state index contributed by atoms with van der Waals surface area (Å²) in [5, 5.41) is 6.95. The van der Waals surface area contributed by atoms with E-state index in [1.807, 2.05) is 18.2 Å². The number of nitrogens with zero attached hydrogens (tertiary/aromatic N) is 3. The number of ether oxygens (including phenoxy) is 2. The lowest BCUT2D eigenvalue weighted by atomic mass is 10.2. The Hall–Kier alpha value is -2.61. The molecule has 3 heterocycles. The van der Waals surface area contributed by atoms with Gasteiger partial charge in [0.25, 0.3) is 0 Å². The van der Waals surface area contributed by atoms with Crippen molar-refractivity contribution in [3.63, 3.8) is 0 Å². The predicted octanol–water partition coefficient (Wildman–Crippen LogP) is 1.56. The number of hydrogen-bond donors (Lipinski definition) is 1. The van der Waals surface area contributed by atoms with Gasteiger partial charge in [0.05, 0.1) is 12.6 Å². The second-order valence-corrected chi connectivity index (χ2v) is 6.26. The molecule has 1 fully saturated rings. The molecular weight excluding hydrogens is 324 g/mol. The molecule has 0 unspecified atom stereocenters. The monoisotopic (exact) mass is 344 g/mol. The first-order valence-corrected chi connectivity index (χ1v) is 8.38. The Bertz CT molecular complexity index is 776. The smallest absolute Gasteiger partial charge is 0.234 e. The normalized spacial score (nSPS) is 19.3. The number of likely N-dealkylation sites (tertiary alicyclic amines) is 1. The first-order chi connectivity index (χ1) is 12.2. The topological polar surface area (TPSA) is 89.7 Å². The largest absolute Gasteiger partial charge is 0.454 e. The first-order valence-electron chi connectivity index (χ1n) is 8.38. The van der Waals surface area contributed by atoms with Gasteiger partial charge in [-0.1, -0.05) is 11.2 Å². The third kappa shape index (κ3) is 3.43. The summed E-state index contributed by atoms with van der Waals surface area (Å²) in [7, 11) is 0. The summed E-state index contributed by atoms with van der Waals surface area (Å²) < 4.78 is 15.7. The van der Waals surface area contributed by atoms with Crippen LogP contribution in [0, 0.1) is 6.92 Å². The van der Waals surface area contributed by atoms with Gasteiger partial charge in [-0.25, -0.2) is 0 Å². The van der Waals surface area contributed by atoms with Crippen LogP contribution < -0.4 is 14.8 Å². The van der Waals surface area contributed by atoms with Crippen molar-refractivity contribution in [3.8, 4) is 11.5 Å². The van der Waals surface area contributed by atoms with Crippen LogP contribution in [0.3, 0.4) is 0 Å². The zero-order chi connectivity index (χ0) is 17.2. The van der Waals surface area contributed by atoms with Crippen molar-refractivity contribution in [3.05, 3.63) is 35.5 Å². The Morgan fingerprint density at radius 3 is 3.08 bits per heavy atom. The fourth-order valence-corrected chi connectivity index (χ4v) is 3.25. The Morgan fingerprint density at radius 1 is 1.36 bits per heavy atom. The second kappa shape index (κ2) is 6.72. The lowest BCUT2D eigenvalue weighted by molar-refractivity contribution is -0.122. The second-order valence-electron chi connectivity index (χ2n) is 6.26. The number of aryl methyl sites for hydroxylation is 1. The van der Waals surface area contributed by atoms with Crippen LogP contribution in [-0.2, 0) is 11.3 Å². The average Bonchev–Trinajstić information content (AvgIpc) is 3.32. The molecule has 0 bridgehead atoms. The molecule has 1 N–H and O–H groups in total. The van der Waals surface area contributed by atoms with Gasteiger partial charge >= 0.3 is 0 Å². The number of amides is 1. The molecular formula is C17H20N4O4. The van der Waals surface area contributed by atoms with Gasteiger partial charge in [0, 0.05) is 13.5 Å². The van der Waals surface area contributed by atoms with Gasteiger partial charge < -0.3 is 19.3 Å².